The Morgan fingerprint density at radius 1 is 1.26 bits per heavy atom. The molecule has 1 aliphatic heterocycles. The second-order valence-electron chi connectivity index (χ2n) is 8.67. The molecule has 0 amide bonds. The van der Waals surface area contributed by atoms with E-state index in [0.29, 0.717) is 28.6 Å². The van der Waals surface area contributed by atoms with Gasteiger partial charge in [0.25, 0.3) is 6.43 Å². The zero-order valence-corrected chi connectivity index (χ0v) is 18.4. The van der Waals surface area contributed by atoms with Crippen LogP contribution in [0.3, 0.4) is 0 Å². The molecule has 1 aromatic carbocycles. The summed E-state index contributed by atoms with van der Waals surface area (Å²) in [6, 6.07) is 8.60. The number of fused-ring (bicyclic) bond motifs is 1. The Kier molecular flexibility index (Phi) is 6.39. The third-order valence-corrected chi connectivity index (χ3v) is 6.12. The summed E-state index contributed by atoms with van der Waals surface area (Å²) in [4.78, 5) is 8.60. The van der Waals surface area contributed by atoms with Gasteiger partial charge in [-0.25, -0.2) is 13.8 Å². The molecular weight excluding hydrogens is 420 g/mol. The van der Waals surface area contributed by atoms with Crippen molar-refractivity contribution < 1.29 is 13.5 Å². The quantitative estimate of drug-likeness (QED) is 0.491. The fourth-order valence-corrected chi connectivity index (χ4v) is 4.55. The Hall–Kier alpha value is -2.31. The second-order valence-corrected chi connectivity index (χ2v) is 9.10. The van der Waals surface area contributed by atoms with E-state index in [1.165, 1.54) is 6.07 Å². The number of benzene rings is 1. The number of alkyl halides is 2. The van der Waals surface area contributed by atoms with Crippen LogP contribution in [-0.2, 0) is 0 Å². The predicted octanol–water partition coefficient (Wildman–Crippen LogP) is 6.43. The molecular formula is C24H26ClF2N3O. The number of nitrogens with one attached hydrogen (secondary N) is 1. The van der Waals surface area contributed by atoms with Crippen LogP contribution < -0.4 is 10.1 Å². The molecule has 0 bridgehead atoms. The summed E-state index contributed by atoms with van der Waals surface area (Å²) in [6.07, 6.45) is 3.72. The van der Waals surface area contributed by atoms with Crippen molar-refractivity contribution in [3.63, 3.8) is 0 Å². The van der Waals surface area contributed by atoms with E-state index in [0.717, 1.165) is 36.8 Å². The predicted molar refractivity (Wildman–Crippen MR) is 120 cm³/mol. The Morgan fingerprint density at radius 3 is 2.90 bits per heavy atom. The SMILES string of the molecule is CC1CCCN[C@@](C)(COc2ncc(-c3ccnc4cc(Cl)ccc34)cc2C(F)F)C1. The molecule has 2 atom stereocenters. The first kappa shape index (κ1) is 21.9. The summed E-state index contributed by atoms with van der Waals surface area (Å²) in [7, 11) is 0. The summed E-state index contributed by atoms with van der Waals surface area (Å²) < 4.78 is 33.7. The van der Waals surface area contributed by atoms with Crippen LogP contribution >= 0.6 is 11.6 Å². The molecule has 0 saturated carbocycles. The minimum Gasteiger partial charge on any atom is -0.475 e. The van der Waals surface area contributed by atoms with Gasteiger partial charge in [-0.3, -0.25) is 4.98 Å². The molecule has 3 aromatic rings. The first-order valence-electron chi connectivity index (χ1n) is 10.6. The highest BCUT2D eigenvalue weighted by Crippen LogP contribution is 2.35. The second kappa shape index (κ2) is 9.05. The van der Waals surface area contributed by atoms with E-state index in [4.69, 9.17) is 16.3 Å². The van der Waals surface area contributed by atoms with Crippen LogP contribution in [0, 0.1) is 5.92 Å². The topological polar surface area (TPSA) is 47.0 Å². The van der Waals surface area contributed by atoms with Crippen molar-refractivity contribution in [1.29, 1.82) is 0 Å². The summed E-state index contributed by atoms with van der Waals surface area (Å²) in [5.74, 6) is 0.544. The largest absolute Gasteiger partial charge is 0.475 e. The average Bonchev–Trinajstić information content (AvgIpc) is 2.91. The summed E-state index contributed by atoms with van der Waals surface area (Å²) in [5, 5.41) is 4.91. The van der Waals surface area contributed by atoms with Crippen molar-refractivity contribution in [3.8, 4) is 17.0 Å². The van der Waals surface area contributed by atoms with Crippen molar-refractivity contribution in [2.45, 2.75) is 45.1 Å². The van der Waals surface area contributed by atoms with Crippen molar-refractivity contribution >= 4 is 22.5 Å². The van der Waals surface area contributed by atoms with Crippen LogP contribution in [0.15, 0.2) is 42.7 Å². The van der Waals surface area contributed by atoms with Gasteiger partial charge in [-0.05, 0) is 68.5 Å². The van der Waals surface area contributed by atoms with Gasteiger partial charge < -0.3 is 10.1 Å². The van der Waals surface area contributed by atoms with E-state index in [1.807, 2.05) is 6.07 Å². The minimum atomic E-state index is -2.70. The Bertz CT molecular complexity index is 1080. The van der Waals surface area contributed by atoms with Gasteiger partial charge in [0.15, 0.2) is 0 Å². The first-order chi connectivity index (χ1) is 14.8. The standard InChI is InChI=1S/C24H26ClF2N3O/c1-15-4-3-8-30-24(2,12-15)14-31-23-20(22(26)27)10-16(13-29-23)18-7-9-28-21-11-17(25)5-6-19(18)21/h5-7,9-11,13,15,22,30H,3-4,8,12,14H2,1-2H3/t15?,24-/m1/s1. The van der Waals surface area contributed by atoms with E-state index < -0.39 is 6.43 Å². The van der Waals surface area contributed by atoms with Crippen LogP contribution in [0.1, 0.15) is 45.1 Å². The lowest BCUT2D eigenvalue weighted by Crippen LogP contribution is -2.47. The third-order valence-electron chi connectivity index (χ3n) is 5.88. The molecule has 4 nitrogen and oxygen atoms in total. The number of hydrogen-bond acceptors (Lipinski definition) is 4. The highest BCUT2D eigenvalue weighted by Gasteiger charge is 2.30. The fourth-order valence-electron chi connectivity index (χ4n) is 4.39. The average molecular weight is 446 g/mol. The van der Waals surface area contributed by atoms with Gasteiger partial charge in [0, 0.05) is 33.9 Å². The zero-order valence-electron chi connectivity index (χ0n) is 17.7. The molecule has 1 aliphatic rings. The van der Waals surface area contributed by atoms with Gasteiger partial charge in [0.2, 0.25) is 5.88 Å². The lowest BCUT2D eigenvalue weighted by molar-refractivity contribution is 0.133. The molecule has 164 valence electrons. The van der Waals surface area contributed by atoms with Gasteiger partial charge >= 0.3 is 0 Å². The summed E-state index contributed by atoms with van der Waals surface area (Å²) >= 11 is 6.06. The third kappa shape index (κ3) is 4.96. The van der Waals surface area contributed by atoms with E-state index in [2.05, 4.69) is 29.1 Å². The van der Waals surface area contributed by atoms with Crippen LogP contribution in [0.4, 0.5) is 8.78 Å². The van der Waals surface area contributed by atoms with Crippen LogP contribution in [0.5, 0.6) is 5.88 Å². The van der Waals surface area contributed by atoms with E-state index >= 15 is 0 Å². The number of hydrogen-bond donors (Lipinski definition) is 1. The highest BCUT2D eigenvalue weighted by molar-refractivity contribution is 6.31. The molecule has 0 spiro atoms. The van der Waals surface area contributed by atoms with Gasteiger partial charge in [0.05, 0.1) is 11.1 Å². The molecule has 0 radical (unpaired) electrons. The number of nitrogens with zero attached hydrogens (tertiary/aromatic N) is 2. The van der Waals surface area contributed by atoms with Crippen LogP contribution in [0.2, 0.25) is 5.02 Å². The minimum absolute atomic E-state index is 0.0138. The van der Waals surface area contributed by atoms with Gasteiger partial charge in [-0.15, -0.1) is 0 Å². The van der Waals surface area contributed by atoms with E-state index in [1.54, 1.807) is 30.6 Å². The number of aromatic nitrogens is 2. The maximum atomic E-state index is 13.9. The normalized spacial score (nSPS) is 21.9. The van der Waals surface area contributed by atoms with Crippen LogP contribution in [-0.4, -0.2) is 28.7 Å². The molecule has 3 heterocycles. The number of halogens is 3. The van der Waals surface area contributed by atoms with Crippen molar-refractivity contribution in [3.05, 3.63) is 53.3 Å². The zero-order chi connectivity index (χ0) is 22.0. The van der Waals surface area contributed by atoms with Crippen molar-refractivity contribution in [2.24, 2.45) is 5.92 Å². The molecule has 2 aromatic heterocycles. The highest BCUT2D eigenvalue weighted by atomic mass is 35.5. The smallest absolute Gasteiger partial charge is 0.269 e. The van der Waals surface area contributed by atoms with Gasteiger partial charge in [0.1, 0.15) is 6.61 Å². The number of rotatable bonds is 5. The maximum absolute atomic E-state index is 13.9. The Labute approximate surface area is 186 Å². The van der Waals surface area contributed by atoms with Crippen molar-refractivity contribution in [1.82, 2.24) is 15.3 Å². The molecule has 4 rings (SSSR count). The lowest BCUT2D eigenvalue weighted by atomic mass is 9.90. The van der Waals surface area contributed by atoms with Crippen molar-refractivity contribution in [2.75, 3.05) is 13.2 Å². The van der Waals surface area contributed by atoms with E-state index in [-0.39, 0.29) is 17.0 Å². The molecule has 1 saturated heterocycles. The molecule has 1 fully saturated rings. The molecule has 31 heavy (non-hydrogen) atoms. The van der Waals surface area contributed by atoms with Crippen LogP contribution in [0.25, 0.3) is 22.0 Å². The molecule has 7 heteroatoms. The molecule has 0 aliphatic carbocycles. The molecule has 1 unspecified atom stereocenters. The van der Waals surface area contributed by atoms with Gasteiger partial charge in [-0.2, -0.15) is 0 Å². The summed E-state index contributed by atoms with van der Waals surface area (Å²) in [5.41, 5.74) is 1.58. The Balaban J connectivity index is 1.63. The monoisotopic (exact) mass is 445 g/mol. The Morgan fingerprint density at radius 2 is 2.10 bits per heavy atom. The fraction of sp³-hybridized carbons (Fsp3) is 0.417. The number of pyridine rings is 2. The lowest BCUT2D eigenvalue weighted by Gasteiger charge is -2.31. The first-order valence-corrected chi connectivity index (χ1v) is 10.9. The number of ether oxygens (including phenoxy) is 1. The molecule has 1 N–H and O–H groups in total. The van der Waals surface area contributed by atoms with Gasteiger partial charge in [-0.1, -0.05) is 24.6 Å². The maximum Gasteiger partial charge on any atom is 0.269 e. The van der Waals surface area contributed by atoms with E-state index in [9.17, 15) is 8.78 Å². The summed E-state index contributed by atoms with van der Waals surface area (Å²) in [6.45, 7) is 5.49.